The second-order valence-corrected chi connectivity index (χ2v) is 10.9. The van der Waals surface area contributed by atoms with Crippen LogP contribution in [-0.4, -0.2) is 93.4 Å². The Morgan fingerprint density at radius 3 is 2.38 bits per heavy atom. The number of anilines is 1. The third kappa shape index (κ3) is 9.41. The maximum absolute atomic E-state index is 13.0. The predicted octanol–water partition coefficient (Wildman–Crippen LogP) is 4.33. The van der Waals surface area contributed by atoms with Crippen molar-refractivity contribution in [2.45, 2.75) is 78.0 Å². The van der Waals surface area contributed by atoms with E-state index in [0.717, 1.165) is 77.8 Å². The van der Waals surface area contributed by atoms with Crippen LogP contribution in [0, 0.1) is 5.92 Å². The van der Waals surface area contributed by atoms with Crippen molar-refractivity contribution in [3.05, 3.63) is 22.7 Å². The highest BCUT2D eigenvalue weighted by molar-refractivity contribution is 7.59. The summed E-state index contributed by atoms with van der Waals surface area (Å²) in [6.07, 6.45) is 6.42. The largest absolute Gasteiger partial charge is 0.496 e. The van der Waals surface area contributed by atoms with Gasteiger partial charge in [0.15, 0.2) is 0 Å². The number of hydrogen-bond donors (Lipinski definition) is 2. The number of nitrogens with zero attached hydrogens (tertiary/aromatic N) is 2. The van der Waals surface area contributed by atoms with E-state index in [1.54, 1.807) is 13.2 Å². The van der Waals surface area contributed by atoms with Crippen molar-refractivity contribution in [1.29, 1.82) is 0 Å². The zero-order chi connectivity index (χ0) is 26.4. The Morgan fingerprint density at radius 2 is 1.75 bits per heavy atom. The first-order valence-electron chi connectivity index (χ1n) is 13.5. The van der Waals surface area contributed by atoms with Gasteiger partial charge in [0, 0.05) is 39.2 Å². The van der Waals surface area contributed by atoms with Gasteiger partial charge in [0.25, 0.3) is 5.91 Å². The van der Waals surface area contributed by atoms with E-state index in [9.17, 15) is 9.59 Å². The van der Waals surface area contributed by atoms with Crippen molar-refractivity contribution in [3.8, 4) is 5.75 Å². The van der Waals surface area contributed by atoms with Gasteiger partial charge in [-0.25, -0.2) is 0 Å². The zero-order valence-corrected chi connectivity index (χ0v) is 24.3. The molecule has 0 saturated carbocycles. The fourth-order valence-electron chi connectivity index (χ4n) is 5.80. The number of unbranched alkanes of at least 4 members (excludes halogenated alkanes) is 2. The van der Waals surface area contributed by atoms with Crippen LogP contribution in [0.15, 0.2) is 12.1 Å². The lowest BCUT2D eigenvalue weighted by Crippen LogP contribution is -2.54. The molecule has 9 nitrogen and oxygen atoms in total. The number of halogens is 1. The SMILES string of the molecule is C.C.COc1cc(N)c(Cl)cc1C(=O)N[C@H]1CCN(CCCCCC(=O)O[C@H]2CN3CCC2CC3)C[C@H]1OC.S. The number of amides is 1. The molecule has 4 saturated heterocycles. The number of fused-ring (bicyclic) bond motifs is 3. The number of methoxy groups -OCH3 is 2. The fraction of sp³-hybridized carbons (Fsp3) is 0.724. The summed E-state index contributed by atoms with van der Waals surface area (Å²) in [6.45, 7) is 5.76. The van der Waals surface area contributed by atoms with Crippen molar-refractivity contribution in [2.75, 3.05) is 59.2 Å². The molecule has 11 heteroatoms. The minimum Gasteiger partial charge on any atom is -0.496 e. The number of carbonyl (C=O) groups excluding carboxylic acids is 2. The van der Waals surface area contributed by atoms with Crippen LogP contribution in [-0.2, 0) is 14.3 Å². The number of nitrogens with two attached hydrogens (primary N) is 1. The summed E-state index contributed by atoms with van der Waals surface area (Å²) in [5, 5.41) is 3.40. The van der Waals surface area contributed by atoms with Crippen molar-refractivity contribution >= 4 is 42.7 Å². The van der Waals surface area contributed by atoms with Crippen LogP contribution in [0.3, 0.4) is 0 Å². The molecule has 4 heterocycles. The predicted molar refractivity (Wildman–Crippen MR) is 167 cm³/mol. The summed E-state index contributed by atoms with van der Waals surface area (Å²) in [7, 11) is 3.17. The molecular weight excluding hydrogens is 552 g/mol. The maximum atomic E-state index is 13.0. The Kier molecular flexibility index (Phi) is 15.7. The Bertz CT molecular complexity index is 947. The standard InChI is InChI=1S/C27H41ClN4O5.2CH4.H2S/c1-35-23-15-21(29)20(28)14-19(23)27(34)30-22-9-13-31(17-25(22)36-2)10-5-3-4-6-26(33)37-24-16-32-11-7-18(24)8-12-32;;;/h14-15,18,22,24-25H,3-13,16-17,29H2,1-2H3,(H,30,34);2*1H4;1H2/t22-,24-,25+;;;/m0.../s1. The minimum atomic E-state index is -0.260. The highest BCUT2D eigenvalue weighted by atomic mass is 35.5. The molecule has 4 fully saturated rings. The molecule has 4 aliphatic rings. The van der Waals surface area contributed by atoms with E-state index >= 15 is 0 Å². The third-order valence-corrected chi connectivity index (χ3v) is 8.39. The summed E-state index contributed by atoms with van der Waals surface area (Å²) < 4.78 is 16.8. The molecule has 40 heavy (non-hydrogen) atoms. The molecule has 0 aliphatic carbocycles. The van der Waals surface area contributed by atoms with Crippen LogP contribution in [0.1, 0.15) is 70.2 Å². The summed E-state index contributed by atoms with van der Waals surface area (Å²) in [4.78, 5) is 30.0. The minimum absolute atomic E-state index is 0. The van der Waals surface area contributed by atoms with Gasteiger partial charge in [-0.15, -0.1) is 0 Å². The molecule has 230 valence electrons. The molecule has 0 spiro atoms. The first-order chi connectivity index (χ1) is 17.9. The van der Waals surface area contributed by atoms with Gasteiger partial charge in [0.1, 0.15) is 11.9 Å². The third-order valence-electron chi connectivity index (χ3n) is 8.06. The number of ether oxygens (including phenoxy) is 3. The van der Waals surface area contributed by atoms with E-state index in [1.807, 2.05) is 0 Å². The molecule has 4 aliphatic heterocycles. The van der Waals surface area contributed by atoms with E-state index in [-0.39, 0.29) is 58.5 Å². The van der Waals surface area contributed by atoms with Crippen molar-refractivity contribution in [1.82, 2.24) is 15.1 Å². The van der Waals surface area contributed by atoms with Crippen LogP contribution in [0.4, 0.5) is 5.69 Å². The van der Waals surface area contributed by atoms with E-state index in [1.165, 1.54) is 13.2 Å². The zero-order valence-electron chi connectivity index (χ0n) is 22.5. The highest BCUT2D eigenvalue weighted by Gasteiger charge is 2.36. The average Bonchev–Trinajstić information content (AvgIpc) is 2.91. The number of likely N-dealkylation sites (tertiary alicyclic amines) is 1. The summed E-state index contributed by atoms with van der Waals surface area (Å²) in [5.41, 5.74) is 6.56. The van der Waals surface area contributed by atoms with E-state index in [2.05, 4.69) is 15.1 Å². The maximum Gasteiger partial charge on any atom is 0.306 e. The lowest BCUT2D eigenvalue weighted by molar-refractivity contribution is -0.158. The van der Waals surface area contributed by atoms with Gasteiger partial charge in [-0.3, -0.25) is 14.5 Å². The Morgan fingerprint density at radius 1 is 1.02 bits per heavy atom. The molecule has 2 bridgehead atoms. The number of benzene rings is 1. The molecule has 0 radical (unpaired) electrons. The van der Waals surface area contributed by atoms with Crippen molar-refractivity contribution in [3.63, 3.8) is 0 Å². The number of rotatable bonds is 11. The Hall–Kier alpha value is -1.72. The molecule has 5 rings (SSSR count). The Balaban J connectivity index is 0.00000267. The number of hydrogen-bond acceptors (Lipinski definition) is 8. The molecular formula is C29H51ClN4O5S. The first-order valence-corrected chi connectivity index (χ1v) is 13.9. The van der Waals surface area contributed by atoms with Gasteiger partial charge in [-0.05, 0) is 63.7 Å². The van der Waals surface area contributed by atoms with Gasteiger partial charge >= 0.3 is 5.97 Å². The topological polar surface area (TPSA) is 106 Å². The normalized spacial score (nSPS) is 25.5. The van der Waals surface area contributed by atoms with Gasteiger partial charge in [0.05, 0.1) is 35.5 Å². The average molecular weight is 603 g/mol. The summed E-state index contributed by atoms with van der Waals surface area (Å²) in [5.74, 6) is 0.637. The molecule has 3 N–H and O–H groups in total. The lowest BCUT2D eigenvalue weighted by atomic mass is 9.86. The molecule has 1 amide bonds. The molecule has 1 aromatic rings. The lowest BCUT2D eigenvalue weighted by Gasteiger charge is -2.43. The first kappa shape index (κ1) is 36.3. The van der Waals surface area contributed by atoms with Crippen LogP contribution >= 0.6 is 25.1 Å². The highest BCUT2D eigenvalue weighted by Crippen LogP contribution is 2.30. The van der Waals surface area contributed by atoms with Gasteiger partial charge < -0.3 is 30.2 Å². The van der Waals surface area contributed by atoms with Crippen molar-refractivity contribution in [2.24, 2.45) is 5.92 Å². The van der Waals surface area contributed by atoms with Gasteiger partial charge in [0.2, 0.25) is 0 Å². The molecule has 0 unspecified atom stereocenters. The number of nitrogen functional groups attached to an aromatic ring is 1. The van der Waals surface area contributed by atoms with Gasteiger partial charge in [-0.2, -0.15) is 13.5 Å². The van der Waals surface area contributed by atoms with E-state index in [4.69, 9.17) is 31.5 Å². The fourth-order valence-corrected chi connectivity index (χ4v) is 5.97. The van der Waals surface area contributed by atoms with Crippen LogP contribution in [0.5, 0.6) is 5.75 Å². The van der Waals surface area contributed by atoms with Crippen LogP contribution < -0.4 is 15.8 Å². The van der Waals surface area contributed by atoms with E-state index in [0.29, 0.717) is 34.4 Å². The molecule has 3 atom stereocenters. The monoisotopic (exact) mass is 602 g/mol. The molecule has 0 aromatic heterocycles. The van der Waals surface area contributed by atoms with Crippen LogP contribution in [0.2, 0.25) is 5.02 Å². The van der Waals surface area contributed by atoms with E-state index < -0.39 is 0 Å². The number of piperidine rings is 4. The second-order valence-electron chi connectivity index (χ2n) is 10.5. The number of nitrogens with one attached hydrogen (secondary N) is 1. The number of esters is 1. The number of carbonyl (C=O) groups is 2. The van der Waals surface area contributed by atoms with Crippen molar-refractivity contribution < 1.29 is 23.8 Å². The molecule has 1 aromatic carbocycles. The van der Waals surface area contributed by atoms with Crippen LogP contribution in [0.25, 0.3) is 0 Å². The van der Waals surface area contributed by atoms with Gasteiger partial charge in [-0.1, -0.05) is 32.9 Å². The summed E-state index contributed by atoms with van der Waals surface area (Å²) in [6, 6.07) is 2.98. The second kappa shape index (κ2) is 17.3. The quantitative estimate of drug-likeness (QED) is 0.219. The summed E-state index contributed by atoms with van der Waals surface area (Å²) >= 11 is 6.13. The Labute approximate surface area is 252 Å². The smallest absolute Gasteiger partial charge is 0.306 e.